The normalized spacial score (nSPS) is 11.0. The molecule has 2 heterocycles. The quantitative estimate of drug-likeness (QED) is 0.393. The van der Waals surface area contributed by atoms with E-state index >= 15 is 0 Å². The van der Waals surface area contributed by atoms with Crippen LogP contribution in [0.5, 0.6) is 0 Å². The van der Waals surface area contributed by atoms with Crippen LogP contribution in [0.4, 0.5) is 4.39 Å². The van der Waals surface area contributed by atoms with Crippen molar-refractivity contribution in [2.45, 2.75) is 39.0 Å². The second-order valence-corrected chi connectivity index (χ2v) is 8.56. The molecule has 2 aromatic carbocycles. The smallest absolute Gasteiger partial charge is 0.230 e. The Morgan fingerprint density at radius 1 is 1.15 bits per heavy atom. The van der Waals surface area contributed by atoms with E-state index < -0.39 is 0 Å². The van der Waals surface area contributed by atoms with Gasteiger partial charge in [-0.25, -0.2) is 9.37 Å². The van der Waals surface area contributed by atoms with Crippen molar-refractivity contribution in [2.24, 2.45) is 0 Å². The molecule has 0 fully saturated rings. The van der Waals surface area contributed by atoms with E-state index in [1.54, 1.807) is 29.1 Å². The number of aromatic nitrogens is 5. The van der Waals surface area contributed by atoms with Crippen molar-refractivity contribution in [1.82, 2.24) is 29.6 Å². The SMILES string of the molecule is CCn1c(SCC(=O)NCc2ccc(-n3ccnc3C)c(F)c2)nnc1-c1cccc(C)c1. The molecule has 170 valence electrons. The van der Waals surface area contributed by atoms with Crippen molar-refractivity contribution in [3.05, 3.63) is 77.6 Å². The van der Waals surface area contributed by atoms with E-state index in [-0.39, 0.29) is 24.0 Å². The largest absolute Gasteiger partial charge is 0.351 e. The minimum Gasteiger partial charge on any atom is -0.351 e. The Morgan fingerprint density at radius 3 is 2.70 bits per heavy atom. The first-order valence-corrected chi connectivity index (χ1v) is 11.6. The lowest BCUT2D eigenvalue weighted by Gasteiger charge is -2.10. The van der Waals surface area contributed by atoms with E-state index in [0.717, 1.165) is 17.0 Å². The molecule has 0 aliphatic rings. The highest BCUT2D eigenvalue weighted by Gasteiger charge is 2.15. The van der Waals surface area contributed by atoms with Gasteiger partial charge in [-0.2, -0.15) is 0 Å². The van der Waals surface area contributed by atoms with Crippen LogP contribution in [0, 0.1) is 19.7 Å². The summed E-state index contributed by atoms with van der Waals surface area (Å²) in [4.78, 5) is 16.5. The van der Waals surface area contributed by atoms with Crippen LogP contribution in [0.3, 0.4) is 0 Å². The first-order chi connectivity index (χ1) is 16.0. The molecule has 1 amide bonds. The molecule has 33 heavy (non-hydrogen) atoms. The maximum atomic E-state index is 14.6. The van der Waals surface area contributed by atoms with Gasteiger partial charge in [-0.05, 0) is 44.5 Å². The summed E-state index contributed by atoms with van der Waals surface area (Å²) >= 11 is 1.33. The topological polar surface area (TPSA) is 77.6 Å². The van der Waals surface area contributed by atoms with Gasteiger partial charge in [0.15, 0.2) is 11.0 Å². The van der Waals surface area contributed by atoms with E-state index in [0.29, 0.717) is 28.8 Å². The predicted molar refractivity (Wildman–Crippen MR) is 127 cm³/mol. The molecule has 0 unspecified atom stereocenters. The number of thioether (sulfide) groups is 1. The van der Waals surface area contributed by atoms with E-state index in [4.69, 9.17) is 0 Å². The summed E-state index contributed by atoms with van der Waals surface area (Å²) in [5.74, 6) is 1.17. The van der Waals surface area contributed by atoms with Crippen LogP contribution in [0.1, 0.15) is 23.9 Å². The standard InChI is InChI=1S/C24H25FN6OS/c1-4-30-23(19-7-5-6-16(2)12-19)28-29-24(30)33-15-22(32)27-14-18-8-9-21(20(25)13-18)31-11-10-26-17(31)3/h5-13H,4,14-15H2,1-3H3,(H,27,32). The van der Waals surface area contributed by atoms with Gasteiger partial charge >= 0.3 is 0 Å². The number of imidazole rings is 1. The zero-order valence-corrected chi connectivity index (χ0v) is 19.6. The van der Waals surface area contributed by atoms with Gasteiger partial charge in [-0.3, -0.25) is 4.79 Å². The lowest BCUT2D eigenvalue weighted by Crippen LogP contribution is -2.24. The number of benzene rings is 2. The summed E-state index contributed by atoms with van der Waals surface area (Å²) in [6.07, 6.45) is 3.34. The van der Waals surface area contributed by atoms with Gasteiger partial charge in [0, 0.05) is 31.0 Å². The van der Waals surface area contributed by atoms with Crippen LogP contribution in [0.25, 0.3) is 17.1 Å². The van der Waals surface area contributed by atoms with Crippen molar-refractivity contribution >= 4 is 17.7 Å². The summed E-state index contributed by atoms with van der Waals surface area (Å²) in [5.41, 5.74) is 3.26. The number of rotatable bonds is 8. The second-order valence-electron chi connectivity index (χ2n) is 7.62. The van der Waals surface area contributed by atoms with Gasteiger partial charge in [-0.1, -0.05) is 41.6 Å². The van der Waals surface area contributed by atoms with Crippen LogP contribution in [0.15, 0.2) is 60.0 Å². The van der Waals surface area contributed by atoms with E-state index in [2.05, 4.69) is 26.6 Å². The number of amides is 1. The number of hydrogen-bond acceptors (Lipinski definition) is 5. The molecular formula is C24H25FN6OS. The maximum absolute atomic E-state index is 14.6. The zero-order chi connectivity index (χ0) is 23.4. The number of hydrogen-bond donors (Lipinski definition) is 1. The summed E-state index contributed by atoms with van der Waals surface area (Å²) in [6, 6.07) is 13.0. The summed E-state index contributed by atoms with van der Waals surface area (Å²) in [7, 11) is 0. The molecule has 4 aromatic rings. The van der Waals surface area contributed by atoms with Gasteiger partial charge in [-0.15, -0.1) is 10.2 Å². The average Bonchev–Trinajstić information content (AvgIpc) is 3.42. The molecule has 2 aromatic heterocycles. The molecular weight excluding hydrogens is 439 g/mol. The van der Waals surface area contributed by atoms with Crippen LogP contribution in [-0.4, -0.2) is 36.0 Å². The Bertz CT molecular complexity index is 1280. The Balaban J connectivity index is 1.36. The number of nitrogens with one attached hydrogen (secondary N) is 1. The fraction of sp³-hybridized carbons (Fsp3) is 0.250. The van der Waals surface area contributed by atoms with Gasteiger partial charge in [0.2, 0.25) is 5.91 Å². The van der Waals surface area contributed by atoms with Crippen molar-refractivity contribution in [2.75, 3.05) is 5.75 Å². The van der Waals surface area contributed by atoms with E-state index in [9.17, 15) is 9.18 Å². The second kappa shape index (κ2) is 9.99. The molecule has 0 saturated heterocycles. The highest BCUT2D eigenvalue weighted by Crippen LogP contribution is 2.24. The minimum atomic E-state index is -0.364. The minimum absolute atomic E-state index is 0.155. The first-order valence-electron chi connectivity index (χ1n) is 10.6. The Morgan fingerprint density at radius 2 is 2.00 bits per heavy atom. The third-order valence-electron chi connectivity index (χ3n) is 5.23. The van der Waals surface area contributed by atoms with E-state index in [1.165, 1.54) is 17.8 Å². The fourth-order valence-corrected chi connectivity index (χ4v) is 4.38. The molecule has 1 N–H and O–H groups in total. The molecule has 0 bridgehead atoms. The molecule has 0 aliphatic carbocycles. The molecule has 7 nitrogen and oxygen atoms in total. The molecule has 4 rings (SSSR count). The van der Waals surface area contributed by atoms with Crippen LogP contribution >= 0.6 is 11.8 Å². The molecule has 0 radical (unpaired) electrons. The molecule has 9 heteroatoms. The predicted octanol–water partition coefficient (Wildman–Crippen LogP) is 4.32. The van der Waals surface area contributed by atoms with E-state index in [1.807, 2.05) is 43.5 Å². The molecule has 0 atom stereocenters. The third kappa shape index (κ3) is 5.14. The van der Waals surface area contributed by atoms with Crippen molar-refractivity contribution in [1.29, 1.82) is 0 Å². The van der Waals surface area contributed by atoms with Crippen LogP contribution in [-0.2, 0) is 17.9 Å². The highest BCUT2D eigenvalue weighted by molar-refractivity contribution is 7.99. The van der Waals surface area contributed by atoms with Gasteiger partial charge in [0.1, 0.15) is 11.6 Å². The van der Waals surface area contributed by atoms with Crippen LogP contribution < -0.4 is 5.32 Å². The van der Waals surface area contributed by atoms with Crippen molar-refractivity contribution < 1.29 is 9.18 Å². The molecule has 0 spiro atoms. The molecule has 0 saturated carbocycles. The van der Waals surface area contributed by atoms with Gasteiger partial charge in [0.25, 0.3) is 0 Å². The monoisotopic (exact) mass is 464 g/mol. The average molecular weight is 465 g/mol. The summed E-state index contributed by atoms with van der Waals surface area (Å²) in [5, 5.41) is 12.1. The number of halogens is 1. The van der Waals surface area contributed by atoms with Gasteiger partial charge < -0.3 is 14.5 Å². The number of aryl methyl sites for hydroxylation is 2. The Kier molecular flexibility index (Phi) is 6.88. The third-order valence-corrected chi connectivity index (χ3v) is 6.20. The highest BCUT2D eigenvalue weighted by atomic mass is 32.2. The zero-order valence-electron chi connectivity index (χ0n) is 18.7. The fourth-order valence-electron chi connectivity index (χ4n) is 3.55. The van der Waals surface area contributed by atoms with Crippen molar-refractivity contribution in [3.63, 3.8) is 0 Å². The maximum Gasteiger partial charge on any atom is 0.230 e. The molecule has 0 aliphatic heterocycles. The number of carbonyl (C=O) groups excluding carboxylic acids is 1. The summed E-state index contributed by atoms with van der Waals surface area (Å²) in [6.45, 7) is 6.82. The lowest BCUT2D eigenvalue weighted by atomic mass is 10.1. The number of carbonyl (C=O) groups is 1. The van der Waals surface area contributed by atoms with Gasteiger partial charge in [0.05, 0.1) is 11.4 Å². The summed E-state index contributed by atoms with van der Waals surface area (Å²) < 4.78 is 18.2. The number of nitrogens with zero attached hydrogens (tertiary/aromatic N) is 5. The van der Waals surface area contributed by atoms with Crippen LogP contribution in [0.2, 0.25) is 0 Å². The lowest BCUT2D eigenvalue weighted by molar-refractivity contribution is -0.118. The Hall–Kier alpha value is -3.46. The first kappa shape index (κ1) is 22.7. The van der Waals surface area contributed by atoms with Crippen molar-refractivity contribution in [3.8, 4) is 17.1 Å². The Labute approximate surface area is 196 Å².